The fourth-order valence-electron chi connectivity index (χ4n) is 2.33. The molecule has 0 amide bonds. The quantitative estimate of drug-likeness (QED) is 0.850. The zero-order valence-electron chi connectivity index (χ0n) is 13.3. The molecule has 0 fully saturated rings. The summed E-state index contributed by atoms with van der Waals surface area (Å²) < 4.78 is 29.6. The number of anilines is 1. The fraction of sp³-hybridized carbons (Fsp3) is 0.438. The number of benzene rings is 1. The number of unbranched alkanes of at least 4 members (excludes halogenated alkanes) is 1. The molecule has 0 saturated heterocycles. The Balaban J connectivity index is 2.30. The van der Waals surface area contributed by atoms with Crippen LogP contribution in [0.25, 0.3) is 0 Å². The molecular weight excluding hydrogens is 298 g/mol. The normalized spacial score (nSPS) is 11.6. The molecule has 5 nitrogen and oxygen atoms in total. The Morgan fingerprint density at radius 3 is 2.59 bits per heavy atom. The highest BCUT2D eigenvalue weighted by Gasteiger charge is 2.21. The van der Waals surface area contributed by atoms with Gasteiger partial charge in [-0.3, -0.25) is 9.40 Å². The van der Waals surface area contributed by atoms with Crippen molar-refractivity contribution in [3.05, 3.63) is 41.7 Å². The van der Waals surface area contributed by atoms with Crippen molar-refractivity contribution in [2.24, 2.45) is 0 Å². The largest absolute Gasteiger partial charge is 0.279 e. The van der Waals surface area contributed by atoms with Crippen molar-refractivity contribution in [3.8, 4) is 0 Å². The summed E-state index contributed by atoms with van der Waals surface area (Å²) >= 11 is 0. The fourth-order valence-corrected chi connectivity index (χ4v) is 3.62. The number of sulfonamides is 1. The Labute approximate surface area is 132 Å². The summed E-state index contributed by atoms with van der Waals surface area (Å²) in [6.45, 7) is 6.40. The Kier molecular flexibility index (Phi) is 5.24. The summed E-state index contributed by atoms with van der Waals surface area (Å²) in [5.74, 6) is 0. The predicted octanol–water partition coefficient (Wildman–Crippen LogP) is 3.35. The number of rotatable bonds is 7. The van der Waals surface area contributed by atoms with Crippen LogP contribution in [0.1, 0.15) is 37.9 Å². The molecule has 1 N–H and O–H groups in total. The van der Waals surface area contributed by atoms with E-state index in [9.17, 15) is 8.42 Å². The van der Waals surface area contributed by atoms with Crippen molar-refractivity contribution in [1.82, 2.24) is 9.78 Å². The van der Waals surface area contributed by atoms with E-state index in [1.807, 2.05) is 31.2 Å². The molecule has 0 unspecified atom stereocenters. The van der Waals surface area contributed by atoms with Crippen LogP contribution in [0.4, 0.5) is 5.69 Å². The lowest BCUT2D eigenvalue weighted by molar-refractivity contribution is 0.600. The SMILES string of the molecule is CCCCc1ccccc1NS(=O)(=O)c1cn(CC)nc1C. The van der Waals surface area contributed by atoms with Gasteiger partial charge in [-0.15, -0.1) is 0 Å². The van der Waals surface area contributed by atoms with Crippen molar-refractivity contribution < 1.29 is 8.42 Å². The summed E-state index contributed by atoms with van der Waals surface area (Å²) in [6.07, 6.45) is 4.55. The zero-order chi connectivity index (χ0) is 16.2. The topological polar surface area (TPSA) is 64.0 Å². The van der Waals surface area contributed by atoms with Crippen LogP contribution in [-0.4, -0.2) is 18.2 Å². The van der Waals surface area contributed by atoms with Crippen molar-refractivity contribution in [3.63, 3.8) is 0 Å². The van der Waals surface area contributed by atoms with E-state index in [2.05, 4.69) is 16.7 Å². The molecule has 0 aliphatic heterocycles. The van der Waals surface area contributed by atoms with Gasteiger partial charge in [0.15, 0.2) is 0 Å². The van der Waals surface area contributed by atoms with Crippen LogP contribution in [0, 0.1) is 6.92 Å². The highest BCUT2D eigenvalue weighted by Crippen LogP contribution is 2.23. The van der Waals surface area contributed by atoms with Crippen molar-refractivity contribution in [2.45, 2.75) is 51.5 Å². The van der Waals surface area contributed by atoms with Crippen LogP contribution in [0.2, 0.25) is 0 Å². The van der Waals surface area contributed by atoms with E-state index >= 15 is 0 Å². The molecule has 2 aromatic rings. The number of aryl methyl sites for hydroxylation is 3. The molecule has 0 bridgehead atoms. The summed E-state index contributed by atoms with van der Waals surface area (Å²) in [6, 6.07) is 7.55. The third-order valence-corrected chi connectivity index (χ3v) is 5.04. The average molecular weight is 321 g/mol. The number of para-hydroxylation sites is 1. The highest BCUT2D eigenvalue weighted by molar-refractivity contribution is 7.92. The summed E-state index contributed by atoms with van der Waals surface area (Å²) in [7, 11) is -3.61. The summed E-state index contributed by atoms with van der Waals surface area (Å²) in [4.78, 5) is 0.236. The number of aromatic nitrogens is 2. The van der Waals surface area contributed by atoms with E-state index < -0.39 is 10.0 Å². The van der Waals surface area contributed by atoms with Gasteiger partial charge in [0, 0.05) is 12.7 Å². The first-order valence-electron chi connectivity index (χ1n) is 7.62. The van der Waals surface area contributed by atoms with Gasteiger partial charge in [-0.25, -0.2) is 8.42 Å². The Bertz CT molecular complexity index is 736. The average Bonchev–Trinajstić information content (AvgIpc) is 2.88. The maximum absolute atomic E-state index is 12.6. The first-order valence-corrected chi connectivity index (χ1v) is 9.11. The second kappa shape index (κ2) is 6.96. The molecule has 0 aliphatic rings. The number of nitrogens with one attached hydrogen (secondary N) is 1. The molecule has 0 aliphatic carbocycles. The van der Waals surface area contributed by atoms with E-state index in [1.54, 1.807) is 17.8 Å². The Morgan fingerprint density at radius 2 is 1.95 bits per heavy atom. The molecule has 0 atom stereocenters. The van der Waals surface area contributed by atoms with Crippen LogP contribution >= 0.6 is 0 Å². The minimum atomic E-state index is -3.61. The highest BCUT2D eigenvalue weighted by atomic mass is 32.2. The standard InChI is InChI=1S/C16H23N3O2S/c1-4-6-9-14-10-7-8-11-15(14)18-22(20,21)16-12-19(5-2)17-13(16)3/h7-8,10-12,18H,4-6,9H2,1-3H3. The minimum Gasteiger partial charge on any atom is -0.279 e. The van der Waals surface area contributed by atoms with Crippen LogP contribution in [0.15, 0.2) is 35.4 Å². The number of hydrogen-bond acceptors (Lipinski definition) is 3. The second-order valence-corrected chi connectivity index (χ2v) is 6.95. The van der Waals surface area contributed by atoms with Gasteiger partial charge in [-0.1, -0.05) is 31.5 Å². The molecule has 6 heteroatoms. The van der Waals surface area contributed by atoms with Crippen molar-refractivity contribution >= 4 is 15.7 Å². The molecular formula is C16H23N3O2S. The van der Waals surface area contributed by atoms with Crippen LogP contribution < -0.4 is 4.72 Å². The zero-order valence-corrected chi connectivity index (χ0v) is 14.2. The van der Waals surface area contributed by atoms with Gasteiger partial charge in [0.05, 0.1) is 11.4 Å². The van der Waals surface area contributed by atoms with Gasteiger partial charge in [0.1, 0.15) is 4.90 Å². The lowest BCUT2D eigenvalue weighted by Crippen LogP contribution is -2.14. The van der Waals surface area contributed by atoms with Gasteiger partial charge in [-0.05, 0) is 38.3 Å². The summed E-state index contributed by atoms with van der Waals surface area (Å²) in [5.41, 5.74) is 2.19. The van der Waals surface area contributed by atoms with E-state index in [0.29, 0.717) is 17.9 Å². The number of nitrogens with zero attached hydrogens (tertiary/aromatic N) is 2. The first kappa shape index (κ1) is 16.5. The van der Waals surface area contributed by atoms with Gasteiger partial charge in [-0.2, -0.15) is 5.10 Å². The van der Waals surface area contributed by atoms with E-state index in [0.717, 1.165) is 24.8 Å². The first-order chi connectivity index (χ1) is 10.5. The van der Waals surface area contributed by atoms with E-state index in [4.69, 9.17) is 0 Å². The molecule has 0 saturated carbocycles. The van der Waals surface area contributed by atoms with Gasteiger partial charge in [0.2, 0.25) is 0 Å². The van der Waals surface area contributed by atoms with Gasteiger partial charge >= 0.3 is 0 Å². The van der Waals surface area contributed by atoms with E-state index in [1.165, 1.54) is 0 Å². The van der Waals surface area contributed by atoms with E-state index in [-0.39, 0.29) is 4.90 Å². The molecule has 0 radical (unpaired) electrons. The molecule has 0 spiro atoms. The second-order valence-electron chi connectivity index (χ2n) is 5.30. The third-order valence-electron chi connectivity index (χ3n) is 3.58. The molecule has 1 heterocycles. The summed E-state index contributed by atoms with van der Waals surface area (Å²) in [5, 5.41) is 4.21. The molecule has 1 aromatic heterocycles. The maximum atomic E-state index is 12.6. The van der Waals surface area contributed by atoms with Crippen LogP contribution in [-0.2, 0) is 23.0 Å². The molecule has 2 rings (SSSR count). The third kappa shape index (κ3) is 3.68. The monoisotopic (exact) mass is 321 g/mol. The predicted molar refractivity (Wildman–Crippen MR) is 88.5 cm³/mol. The smallest absolute Gasteiger partial charge is 0.265 e. The lowest BCUT2D eigenvalue weighted by atomic mass is 10.1. The van der Waals surface area contributed by atoms with Gasteiger partial charge in [0.25, 0.3) is 10.0 Å². The minimum absolute atomic E-state index is 0.236. The molecule has 22 heavy (non-hydrogen) atoms. The Hall–Kier alpha value is -1.82. The van der Waals surface area contributed by atoms with Crippen LogP contribution in [0.3, 0.4) is 0 Å². The Morgan fingerprint density at radius 1 is 1.23 bits per heavy atom. The lowest BCUT2D eigenvalue weighted by Gasteiger charge is -2.12. The molecule has 120 valence electrons. The van der Waals surface area contributed by atoms with Crippen molar-refractivity contribution in [1.29, 1.82) is 0 Å². The van der Waals surface area contributed by atoms with Crippen LogP contribution in [0.5, 0.6) is 0 Å². The van der Waals surface area contributed by atoms with Gasteiger partial charge < -0.3 is 0 Å². The number of hydrogen-bond donors (Lipinski definition) is 1. The van der Waals surface area contributed by atoms with Crippen molar-refractivity contribution in [2.75, 3.05) is 4.72 Å². The molecule has 1 aromatic carbocycles. The maximum Gasteiger partial charge on any atom is 0.265 e.